The van der Waals surface area contributed by atoms with Crippen LogP contribution in [-0.2, 0) is 42.9 Å². The van der Waals surface area contributed by atoms with E-state index in [-0.39, 0.29) is 0 Å². The number of hydrogen-bond acceptors (Lipinski definition) is 15. The molecule has 0 spiro atoms. The second kappa shape index (κ2) is 16.2. The van der Waals surface area contributed by atoms with Crippen LogP contribution >= 0.6 is 0 Å². The Morgan fingerprint density at radius 2 is 1.45 bits per heavy atom. The molecular weight excluding hydrogens is 660 g/mol. The van der Waals surface area contributed by atoms with E-state index in [9.17, 15) is 49.8 Å². The van der Waals surface area contributed by atoms with Crippen molar-refractivity contribution in [1.82, 2.24) is 16.0 Å². The second-order valence-corrected chi connectivity index (χ2v) is 12.5. The van der Waals surface area contributed by atoms with Crippen LogP contribution in [0.2, 0.25) is 0 Å². The summed E-state index contributed by atoms with van der Waals surface area (Å²) in [5.74, 6) is -7.19. The van der Waals surface area contributed by atoms with Gasteiger partial charge in [0, 0.05) is 27.2 Å². The Bertz CT molecular complexity index is 1240. The first-order valence-electron chi connectivity index (χ1n) is 15.5. The molecule has 3 fully saturated rings. The van der Waals surface area contributed by atoms with Crippen LogP contribution in [0.5, 0.6) is 0 Å². The standard InChI is InChI=1S/C28H48N6O15/c1-8(46-25-17(33-13(6)37)21(41)19(39)9(2)47-25)15(31-11(4)35)22-16(32-12(5)36)14(38)7-28(48-22,26(43)44)49-23-18(34-27(29)30)24(42)45-10(3)20(23)40/h8-10,14-25,38-42H,7H2,1-6H3,(H,31,35)(H,32,36)(H,33,37)(H,43,44)(H4,29,30,34)/t8-,9-,10+,14-,15+,16+,17-,18+,19-,20-,21-,22-,23+,24-,25+,28+/m1/s1. The minimum atomic E-state index is -2.84. The molecule has 0 bridgehead atoms. The van der Waals surface area contributed by atoms with Gasteiger partial charge in [-0.15, -0.1) is 0 Å². The van der Waals surface area contributed by atoms with E-state index >= 15 is 0 Å². The van der Waals surface area contributed by atoms with Crippen molar-refractivity contribution in [2.45, 2.75) is 145 Å². The van der Waals surface area contributed by atoms with E-state index in [1.807, 2.05) is 0 Å². The molecule has 49 heavy (non-hydrogen) atoms. The first-order chi connectivity index (χ1) is 22.7. The highest BCUT2D eigenvalue weighted by molar-refractivity contribution is 5.77. The van der Waals surface area contributed by atoms with Crippen LogP contribution in [0.3, 0.4) is 0 Å². The number of nitrogens with zero attached hydrogens (tertiary/aromatic N) is 1. The number of carboxylic acid groups (broad SMARTS) is 1. The maximum absolute atomic E-state index is 13.0. The lowest BCUT2D eigenvalue weighted by Crippen LogP contribution is -2.72. The van der Waals surface area contributed by atoms with Crippen molar-refractivity contribution < 1.29 is 73.5 Å². The lowest BCUT2D eigenvalue weighted by atomic mass is 9.86. The molecule has 21 heteroatoms. The highest BCUT2D eigenvalue weighted by Crippen LogP contribution is 2.38. The molecule has 13 N–H and O–H groups in total. The fourth-order valence-electron chi connectivity index (χ4n) is 6.15. The number of aliphatic imine (C=N–C) groups is 1. The van der Waals surface area contributed by atoms with Crippen LogP contribution in [0.4, 0.5) is 0 Å². The average Bonchev–Trinajstić information content (AvgIpc) is 2.98. The topological polar surface area (TPSA) is 336 Å². The molecular formula is C28H48N6O15. The lowest BCUT2D eigenvalue weighted by Gasteiger charge is -2.51. The van der Waals surface area contributed by atoms with Crippen molar-refractivity contribution in [3.8, 4) is 0 Å². The third kappa shape index (κ3) is 9.31. The van der Waals surface area contributed by atoms with Gasteiger partial charge in [-0.3, -0.25) is 14.4 Å². The van der Waals surface area contributed by atoms with E-state index in [1.54, 1.807) is 0 Å². The predicted octanol–water partition coefficient (Wildman–Crippen LogP) is -5.57. The number of rotatable bonds is 11. The first-order valence-corrected chi connectivity index (χ1v) is 15.5. The fraction of sp³-hybridized carbons (Fsp3) is 0.821. The zero-order chi connectivity index (χ0) is 37.1. The van der Waals surface area contributed by atoms with E-state index in [4.69, 9.17) is 35.2 Å². The molecule has 3 aliphatic rings. The Kier molecular flexibility index (Phi) is 13.3. The van der Waals surface area contributed by atoms with Gasteiger partial charge in [-0.1, -0.05) is 0 Å². The Morgan fingerprint density at radius 1 is 0.878 bits per heavy atom. The number of aliphatic carboxylic acids is 1. The largest absolute Gasteiger partial charge is 0.477 e. The predicted molar refractivity (Wildman–Crippen MR) is 163 cm³/mol. The number of carbonyl (C=O) groups excluding carboxylic acids is 3. The fourth-order valence-corrected chi connectivity index (χ4v) is 6.15. The number of nitrogens with one attached hydrogen (secondary N) is 3. The van der Waals surface area contributed by atoms with Crippen LogP contribution in [-0.4, -0.2) is 158 Å². The zero-order valence-corrected chi connectivity index (χ0v) is 27.8. The molecule has 3 saturated heterocycles. The molecule has 3 heterocycles. The van der Waals surface area contributed by atoms with Crippen molar-refractivity contribution in [2.24, 2.45) is 16.5 Å². The Hall–Kier alpha value is -3.25. The van der Waals surface area contributed by atoms with Crippen molar-refractivity contribution >= 4 is 29.7 Å². The van der Waals surface area contributed by atoms with Gasteiger partial charge < -0.3 is 81.7 Å². The van der Waals surface area contributed by atoms with Crippen LogP contribution in [0.15, 0.2) is 4.99 Å². The smallest absolute Gasteiger partial charge is 0.364 e. The van der Waals surface area contributed by atoms with Gasteiger partial charge in [0.05, 0.1) is 36.5 Å². The van der Waals surface area contributed by atoms with Crippen LogP contribution < -0.4 is 27.4 Å². The maximum atomic E-state index is 13.0. The first kappa shape index (κ1) is 40.2. The number of guanidine groups is 1. The third-order valence-electron chi connectivity index (χ3n) is 8.48. The average molecular weight is 709 g/mol. The van der Waals surface area contributed by atoms with Gasteiger partial charge in [0.25, 0.3) is 5.79 Å². The van der Waals surface area contributed by atoms with Crippen molar-refractivity contribution in [3.05, 3.63) is 0 Å². The van der Waals surface area contributed by atoms with Crippen LogP contribution in [0.1, 0.15) is 48.0 Å². The van der Waals surface area contributed by atoms with E-state index in [1.165, 1.54) is 20.8 Å². The summed E-state index contributed by atoms with van der Waals surface area (Å²) in [6.07, 6.45) is -17.2. The quantitative estimate of drug-likeness (QED) is 0.0704. The Balaban J connectivity index is 2.09. The third-order valence-corrected chi connectivity index (χ3v) is 8.48. The normalized spacial score (nSPS) is 40.7. The molecule has 0 aliphatic carbocycles. The SMILES string of the molecule is CC(=O)N[C@@H]1[C@@H]([C@@H](NC(C)=O)[C@@H](C)O[C@H]2O[C@H](C)[C@@H](O)[C@H](O)[C@H]2NC(C)=O)O[C@@](O[C@@H]2[C@H](O)[C@H](C)O[C@@H](O)[C@H]2N=C(N)N)(C(=O)O)C[C@H]1O. The van der Waals surface area contributed by atoms with Gasteiger partial charge in [0.15, 0.2) is 18.5 Å². The molecule has 0 radical (unpaired) electrons. The summed E-state index contributed by atoms with van der Waals surface area (Å²) in [7, 11) is 0. The molecule has 16 atom stereocenters. The number of nitrogens with two attached hydrogens (primary N) is 2. The van der Waals surface area contributed by atoms with Crippen LogP contribution in [0, 0.1) is 0 Å². The highest BCUT2D eigenvalue weighted by Gasteiger charge is 2.59. The number of hydrogen-bond donors (Lipinski definition) is 11. The second-order valence-electron chi connectivity index (χ2n) is 12.5. The van der Waals surface area contributed by atoms with Crippen LogP contribution in [0.25, 0.3) is 0 Å². The Labute approximate surface area is 281 Å². The van der Waals surface area contributed by atoms with Gasteiger partial charge in [-0.05, 0) is 20.8 Å². The van der Waals surface area contributed by atoms with Crippen molar-refractivity contribution in [3.63, 3.8) is 0 Å². The highest BCUT2D eigenvalue weighted by atomic mass is 16.7. The summed E-state index contributed by atoms with van der Waals surface area (Å²) >= 11 is 0. The summed E-state index contributed by atoms with van der Waals surface area (Å²) in [6, 6.07) is -5.75. The van der Waals surface area contributed by atoms with E-state index in [2.05, 4.69) is 20.9 Å². The van der Waals surface area contributed by atoms with E-state index < -0.39 is 134 Å². The number of amides is 3. The molecule has 0 unspecified atom stereocenters. The number of aliphatic hydroxyl groups is 5. The van der Waals surface area contributed by atoms with Gasteiger partial charge in [-0.25, -0.2) is 9.79 Å². The molecule has 0 aromatic heterocycles. The summed E-state index contributed by atoms with van der Waals surface area (Å²) in [6.45, 7) is 7.59. The molecule has 3 aliphatic heterocycles. The van der Waals surface area contributed by atoms with Gasteiger partial charge in [0.1, 0.15) is 42.6 Å². The minimum absolute atomic E-state index is 0.563. The summed E-state index contributed by atoms with van der Waals surface area (Å²) in [4.78, 5) is 53.6. The van der Waals surface area contributed by atoms with Crippen molar-refractivity contribution in [1.29, 1.82) is 0 Å². The maximum Gasteiger partial charge on any atom is 0.364 e. The van der Waals surface area contributed by atoms with Crippen molar-refractivity contribution in [2.75, 3.05) is 0 Å². The monoisotopic (exact) mass is 708 g/mol. The number of carbonyl (C=O) groups is 4. The summed E-state index contributed by atoms with van der Waals surface area (Å²) in [5, 5.41) is 72.0. The summed E-state index contributed by atoms with van der Waals surface area (Å²) < 4.78 is 29.0. The summed E-state index contributed by atoms with van der Waals surface area (Å²) in [5.41, 5.74) is 11.0. The Morgan fingerprint density at radius 3 is 1.98 bits per heavy atom. The van der Waals surface area contributed by atoms with E-state index in [0.717, 1.165) is 20.8 Å². The molecule has 21 nitrogen and oxygen atoms in total. The molecule has 3 rings (SSSR count). The molecule has 0 saturated carbocycles. The molecule has 0 aromatic rings. The number of carboxylic acids is 1. The molecule has 280 valence electrons. The minimum Gasteiger partial charge on any atom is -0.477 e. The van der Waals surface area contributed by atoms with E-state index in [0.29, 0.717) is 0 Å². The number of ether oxygens (including phenoxy) is 5. The molecule has 0 aromatic carbocycles. The zero-order valence-electron chi connectivity index (χ0n) is 27.8. The molecule has 3 amide bonds. The van der Waals surface area contributed by atoms with Gasteiger partial charge >= 0.3 is 5.97 Å². The lowest BCUT2D eigenvalue weighted by molar-refractivity contribution is -0.345. The number of aliphatic hydroxyl groups excluding tert-OH is 5. The van der Waals surface area contributed by atoms with Gasteiger partial charge in [-0.2, -0.15) is 0 Å². The van der Waals surface area contributed by atoms with Gasteiger partial charge in [0.2, 0.25) is 17.7 Å².